The first-order valence-corrected chi connectivity index (χ1v) is 6.78. The third-order valence-corrected chi connectivity index (χ3v) is 3.57. The summed E-state index contributed by atoms with van der Waals surface area (Å²) >= 11 is 0. The predicted octanol–water partition coefficient (Wildman–Crippen LogP) is 2.14. The van der Waals surface area contributed by atoms with E-state index in [1.54, 1.807) is 21.4 Å². The van der Waals surface area contributed by atoms with Gasteiger partial charge in [0.15, 0.2) is 0 Å². The van der Waals surface area contributed by atoms with E-state index in [1.165, 1.54) is 0 Å². The number of benzene rings is 1. The number of para-hydroxylation sites is 2. The standard InChI is InChI=1S/C16H14N4O/c1-2-19-14-7-3-4-8-15(14)20(16(19)21)11-12-6-5-9-18-13(12)10-17/h3-9H,2,11H2,1H3. The number of hydrogen-bond donors (Lipinski definition) is 0. The Morgan fingerprint density at radius 1 is 1.14 bits per heavy atom. The Bertz CT molecular complexity index is 899. The van der Waals surface area contributed by atoms with Crippen LogP contribution < -0.4 is 5.69 Å². The van der Waals surface area contributed by atoms with E-state index < -0.39 is 0 Å². The lowest BCUT2D eigenvalue weighted by Gasteiger charge is -2.04. The molecule has 0 N–H and O–H groups in total. The second kappa shape index (κ2) is 5.25. The lowest BCUT2D eigenvalue weighted by atomic mass is 10.2. The summed E-state index contributed by atoms with van der Waals surface area (Å²) in [5.74, 6) is 0. The second-order valence-corrected chi connectivity index (χ2v) is 4.72. The van der Waals surface area contributed by atoms with Gasteiger partial charge in [-0.15, -0.1) is 0 Å². The lowest BCUT2D eigenvalue weighted by molar-refractivity contribution is 0.683. The van der Waals surface area contributed by atoms with E-state index in [-0.39, 0.29) is 5.69 Å². The Hall–Kier alpha value is -2.87. The maximum absolute atomic E-state index is 12.5. The molecule has 21 heavy (non-hydrogen) atoms. The molecule has 0 aliphatic carbocycles. The summed E-state index contributed by atoms with van der Waals surface area (Å²) in [5, 5.41) is 9.13. The number of rotatable bonds is 3. The molecule has 0 radical (unpaired) electrons. The highest BCUT2D eigenvalue weighted by atomic mass is 16.1. The van der Waals surface area contributed by atoms with Gasteiger partial charge in [-0.05, 0) is 25.1 Å². The zero-order valence-electron chi connectivity index (χ0n) is 11.7. The molecule has 2 aromatic heterocycles. The first-order chi connectivity index (χ1) is 10.3. The van der Waals surface area contributed by atoms with Crippen LogP contribution in [0.25, 0.3) is 11.0 Å². The lowest BCUT2D eigenvalue weighted by Crippen LogP contribution is -2.24. The first kappa shape index (κ1) is 13.1. The van der Waals surface area contributed by atoms with Crippen LogP contribution >= 0.6 is 0 Å². The Morgan fingerprint density at radius 3 is 2.52 bits per heavy atom. The van der Waals surface area contributed by atoms with Crippen molar-refractivity contribution in [3.8, 4) is 6.07 Å². The van der Waals surface area contributed by atoms with E-state index in [2.05, 4.69) is 11.1 Å². The fourth-order valence-corrected chi connectivity index (χ4v) is 2.57. The summed E-state index contributed by atoms with van der Waals surface area (Å²) in [7, 11) is 0. The van der Waals surface area contributed by atoms with Gasteiger partial charge in [0.05, 0.1) is 17.6 Å². The number of hydrogen-bond acceptors (Lipinski definition) is 3. The molecule has 0 saturated carbocycles. The topological polar surface area (TPSA) is 63.6 Å². The van der Waals surface area contributed by atoms with Crippen molar-refractivity contribution in [2.24, 2.45) is 0 Å². The number of aryl methyl sites for hydroxylation is 1. The van der Waals surface area contributed by atoms with Crippen molar-refractivity contribution in [1.29, 1.82) is 5.26 Å². The van der Waals surface area contributed by atoms with Crippen LogP contribution in [0.5, 0.6) is 0 Å². The third kappa shape index (κ3) is 2.11. The van der Waals surface area contributed by atoms with Crippen LogP contribution in [0.1, 0.15) is 18.2 Å². The zero-order valence-corrected chi connectivity index (χ0v) is 11.7. The number of aromatic nitrogens is 3. The molecule has 0 bridgehead atoms. The monoisotopic (exact) mass is 278 g/mol. The molecule has 2 heterocycles. The minimum Gasteiger partial charge on any atom is -0.292 e. The highest BCUT2D eigenvalue weighted by molar-refractivity contribution is 5.76. The van der Waals surface area contributed by atoms with E-state index in [9.17, 15) is 4.79 Å². The number of nitriles is 1. The van der Waals surface area contributed by atoms with Gasteiger partial charge in [0.25, 0.3) is 0 Å². The molecule has 0 amide bonds. The molecule has 5 nitrogen and oxygen atoms in total. The Kier molecular flexibility index (Phi) is 3.28. The summed E-state index contributed by atoms with van der Waals surface area (Å²) in [6.07, 6.45) is 1.58. The van der Waals surface area contributed by atoms with Crippen LogP contribution in [0, 0.1) is 11.3 Å². The fraction of sp³-hybridized carbons (Fsp3) is 0.188. The zero-order chi connectivity index (χ0) is 14.8. The largest absolute Gasteiger partial charge is 0.329 e. The molecule has 0 spiro atoms. The predicted molar refractivity (Wildman–Crippen MR) is 79.9 cm³/mol. The molecule has 104 valence electrons. The van der Waals surface area contributed by atoms with Gasteiger partial charge in [0, 0.05) is 18.3 Å². The molecule has 0 aliphatic heterocycles. The van der Waals surface area contributed by atoms with Gasteiger partial charge in [-0.25, -0.2) is 9.78 Å². The van der Waals surface area contributed by atoms with Crippen molar-refractivity contribution in [1.82, 2.24) is 14.1 Å². The molecule has 3 rings (SSSR count). The molecule has 3 aromatic rings. The highest BCUT2D eigenvalue weighted by Gasteiger charge is 2.13. The van der Waals surface area contributed by atoms with Crippen molar-refractivity contribution < 1.29 is 0 Å². The summed E-state index contributed by atoms with van der Waals surface area (Å²) in [5.41, 5.74) is 2.83. The molecule has 1 aromatic carbocycles. The number of pyridine rings is 1. The maximum Gasteiger partial charge on any atom is 0.329 e. The van der Waals surface area contributed by atoms with Gasteiger partial charge >= 0.3 is 5.69 Å². The third-order valence-electron chi connectivity index (χ3n) is 3.57. The van der Waals surface area contributed by atoms with Gasteiger partial charge in [-0.2, -0.15) is 5.26 Å². The normalized spacial score (nSPS) is 10.7. The van der Waals surface area contributed by atoms with E-state index in [0.29, 0.717) is 18.8 Å². The number of fused-ring (bicyclic) bond motifs is 1. The van der Waals surface area contributed by atoms with E-state index >= 15 is 0 Å². The molecule has 0 aliphatic rings. The van der Waals surface area contributed by atoms with Crippen LogP contribution in [-0.2, 0) is 13.1 Å². The van der Waals surface area contributed by atoms with Gasteiger partial charge in [0.1, 0.15) is 11.8 Å². The average molecular weight is 278 g/mol. The maximum atomic E-state index is 12.5. The minimum absolute atomic E-state index is 0.0635. The van der Waals surface area contributed by atoms with E-state index in [4.69, 9.17) is 5.26 Å². The number of nitrogens with zero attached hydrogens (tertiary/aromatic N) is 4. The molecule has 0 atom stereocenters. The van der Waals surface area contributed by atoms with Gasteiger partial charge < -0.3 is 0 Å². The second-order valence-electron chi connectivity index (χ2n) is 4.72. The van der Waals surface area contributed by atoms with Crippen molar-refractivity contribution in [2.75, 3.05) is 0 Å². The van der Waals surface area contributed by atoms with E-state index in [1.807, 2.05) is 37.3 Å². The van der Waals surface area contributed by atoms with Gasteiger partial charge in [-0.1, -0.05) is 18.2 Å². The molecule has 0 unspecified atom stereocenters. The van der Waals surface area contributed by atoms with Crippen molar-refractivity contribution in [2.45, 2.75) is 20.0 Å². The molecule has 5 heteroatoms. The quantitative estimate of drug-likeness (QED) is 0.737. The van der Waals surface area contributed by atoms with Gasteiger partial charge in [0.2, 0.25) is 0 Å². The molecule has 0 fully saturated rings. The van der Waals surface area contributed by atoms with Crippen LogP contribution in [-0.4, -0.2) is 14.1 Å². The fourth-order valence-electron chi connectivity index (χ4n) is 2.57. The minimum atomic E-state index is -0.0635. The van der Waals surface area contributed by atoms with Crippen LogP contribution in [0.4, 0.5) is 0 Å². The van der Waals surface area contributed by atoms with Crippen LogP contribution in [0.2, 0.25) is 0 Å². The highest BCUT2D eigenvalue weighted by Crippen LogP contribution is 2.15. The molecule has 0 saturated heterocycles. The summed E-state index contributed by atoms with van der Waals surface area (Å²) in [6.45, 7) is 2.91. The Labute approximate surface area is 121 Å². The van der Waals surface area contributed by atoms with Crippen LogP contribution in [0.15, 0.2) is 47.4 Å². The van der Waals surface area contributed by atoms with Gasteiger partial charge in [-0.3, -0.25) is 9.13 Å². The summed E-state index contributed by atoms with van der Waals surface area (Å²) in [4.78, 5) is 16.6. The SMILES string of the molecule is CCn1c(=O)n(Cc2cccnc2C#N)c2ccccc21. The van der Waals surface area contributed by atoms with Crippen molar-refractivity contribution in [3.05, 3.63) is 64.3 Å². The summed E-state index contributed by atoms with van der Waals surface area (Å²) in [6, 6.07) is 13.4. The summed E-state index contributed by atoms with van der Waals surface area (Å²) < 4.78 is 3.43. The smallest absolute Gasteiger partial charge is 0.292 e. The van der Waals surface area contributed by atoms with Crippen molar-refractivity contribution >= 4 is 11.0 Å². The molecular weight excluding hydrogens is 264 g/mol. The average Bonchev–Trinajstić information content (AvgIpc) is 2.80. The van der Waals surface area contributed by atoms with Crippen molar-refractivity contribution in [3.63, 3.8) is 0 Å². The Morgan fingerprint density at radius 2 is 1.86 bits per heavy atom. The molecular formula is C16H14N4O. The van der Waals surface area contributed by atoms with Crippen LogP contribution in [0.3, 0.4) is 0 Å². The van der Waals surface area contributed by atoms with E-state index in [0.717, 1.165) is 16.6 Å². The first-order valence-electron chi connectivity index (χ1n) is 6.78. The number of imidazole rings is 1. The Balaban J connectivity index is 2.20.